The molecule has 2 rings (SSSR count). The summed E-state index contributed by atoms with van der Waals surface area (Å²) in [5.41, 5.74) is 5.48. The van der Waals surface area contributed by atoms with Crippen molar-refractivity contribution < 1.29 is 4.79 Å². The number of thiazole rings is 1. The summed E-state index contributed by atoms with van der Waals surface area (Å²) < 4.78 is 0. The minimum Gasteiger partial charge on any atom is -0.345 e. The summed E-state index contributed by atoms with van der Waals surface area (Å²) in [5.74, 6) is -0.0166. The Hall–Kier alpha value is -0.940. The summed E-state index contributed by atoms with van der Waals surface area (Å²) in [5, 5.41) is 5.92. The highest BCUT2D eigenvalue weighted by molar-refractivity contribution is 7.09. The lowest BCUT2D eigenvalue weighted by Crippen LogP contribution is -2.52. The highest BCUT2D eigenvalue weighted by Crippen LogP contribution is 2.28. The lowest BCUT2D eigenvalue weighted by atomic mass is 9.97. The van der Waals surface area contributed by atoms with Gasteiger partial charge in [0.2, 0.25) is 5.91 Å². The van der Waals surface area contributed by atoms with E-state index >= 15 is 0 Å². The van der Waals surface area contributed by atoms with Gasteiger partial charge in [-0.3, -0.25) is 4.79 Å². The maximum absolute atomic E-state index is 12.2. The second kappa shape index (κ2) is 5.14. The molecular formula is C12H19N3OS. The Morgan fingerprint density at radius 2 is 2.35 bits per heavy atom. The van der Waals surface area contributed by atoms with Crippen LogP contribution in [0.3, 0.4) is 0 Å². The molecule has 0 spiro atoms. The predicted molar refractivity (Wildman–Crippen MR) is 68.7 cm³/mol. The second-order valence-electron chi connectivity index (χ2n) is 4.67. The number of hydrogen-bond acceptors (Lipinski definition) is 4. The molecule has 3 N–H and O–H groups in total. The summed E-state index contributed by atoms with van der Waals surface area (Å²) in [7, 11) is 0. The predicted octanol–water partition coefficient (Wildman–Crippen LogP) is 1.98. The van der Waals surface area contributed by atoms with Crippen LogP contribution < -0.4 is 11.1 Å². The van der Waals surface area contributed by atoms with Crippen molar-refractivity contribution in [2.24, 2.45) is 5.73 Å². The minimum atomic E-state index is -0.648. The lowest BCUT2D eigenvalue weighted by molar-refractivity contribution is -0.127. The number of aromatic nitrogens is 1. The Morgan fingerprint density at radius 3 is 2.88 bits per heavy atom. The maximum Gasteiger partial charge on any atom is 0.240 e. The first-order valence-electron chi connectivity index (χ1n) is 6.15. The molecule has 1 aromatic rings. The molecule has 0 saturated heterocycles. The van der Waals surface area contributed by atoms with Gasteiger partial charge >= 0.3 is 0 Å². The summed E-state index contributed by atoms with van der Waals surface area (Å²) in [4.78, 5) is 16.4. The Balaban J connectivity index is 2.02. The molecule has 1 unspecified atom stereocenters. The topological polar surface area (TPSA) is 68.0 Å². The summed E-state index contributed by atoms with van der Waals surface area (Å²) >= 11 is 1.57. The Labute approximate surface area is 106 Å². The number of rotatable bonds is 4. The van der Waals surface area contributed by atoms with Gasteiger partial charge in [-0.15, -0.1) is 11.3 Å². The van der Waals surface area contributed by atoms with Crippen molar-refractivity contribution in [1.82, 2.24) is 10.3 Å². The fraction of sp³-hybridized carbons (Fsp3) is 0.667. The molecule has 1 aliphatic rings. The molecule has 0 bridgehead atoms. The van der Waals surface area contributed by atoms with E-state index in [4.69, 9.17) is 5.73 Å². The average Bonchev–Trinajstić information content (AvgIpc) is 2.97. The maximum atomic E-state index is 12.2. The normalized spacial score (nSPS) is 20.1. The van der Waals surface area contributed by atoms with Gasteiger partial charge in [0.1, 0.15) is 5.01 Å². The number of nitrogens with two attached hydrogens (primary N) is 1. The van der Waals surface area contributed by atoms with Gasteiger partial charge in [0.05, 0.1) is 11.6 Å². The van der Waals surface area contributed by atoms with Crippen LogP contribution in [0.15, 0.2) is 11.6 Å². The van der Waals surface area contributed by atoms with Gasteiger partial charge in [-0.25, -0.2) is 4.98 Å². The van der Waals surface area contributed by atoms with Gasteiger partial charge in [-0.2, -0.15) is 0 Å². The zero-order chi connectivity index (χ0) is 12.3. The third kappa shape index (κ3) is 2.66. The first-order chi connectivity index (χ1) is 8.15. The van der Waals surface area contributed by atoms with Gasteiger partial charge in [0.25, 0.3) is 0 Å². The van der Waals surface area contributed by atoms with E-state index in [1.54, 1.807) is 17.5 Å². The van der Waals surface area contributed by atoms with E-state index in [2.05, 4.69) is 10.3 Å². The van der Waals surface area contributed by atoms with Crippen molar-refractivity contribution in [3.8, 4) is 0 Å². The first-order valence-corrected chi connectivity index (χ1v) is 7.03. The van der Waals surface area contributed by atoms with Crippen LogP contribution in [0.2, 0.25) is 0 Å². The smallest absolute Gasteiger partial charge is 0.240 e. The quantitative estimate of drug-likeness (QED) is 0.862. The van der Waals surface area contributed by atoms with E-state index in [9.17, 15) is 4.79 Å². The van der Waals surface area contributed by atoms with Crippen molar-refractivity contribution in [1.29, 1.82) is 0 Å². The van der Waals surface area contributed by atoms with Crippen LogP contribution >= 0.6 is 11.3 Å². The number of nitrogens with one attached hydrogen (secondary N) is 1. The number of amides is 1. The second-order valence-corrected chi connectivity index (χ2v) is 5.59. The largest absolute Gasteiger partial charge is 0.345 e. The van der Waals surface area contributed by atoms with Crippen LogP contribution in [0.25, 0.3) is 0 Å². The van der Waals surface area contributed by atoms with E-state index in [0.29, 0.717) is 0 Å². The van der Waals surface area contributed by atoms with E-state index in [1.165, 1.54) is 0 Å². The molecule has 5 heteroatoms. The Bertz CT molecular complexity index is 371. The minimum absolute atomic E-state index is 0.00326. The first kappa shape index (κ1) is 12.5. The zero-order valence-electron chi connectivity index (χ0n) is 10.1. The average molecular weight is 253 g/mol. The molecule has 4 nitrogen and oxygen atoms in total. The molecule has 0 radical (unpaired) electrons. The highest BCUT2D eigenvalue weighted by Gasteiger charge is 2.37. The number of hydrogen-bond donors (Lipinski definition) is 2. The summed E-state index contributed by atoms with van der Waals surface area (Å²) in [6, 6.07) is 0.00326. The van der Waals surface area contributed by atoms with Crippen LogP contribution in [0, 0.1) is 0 Å². The summed E-state index contributed by atoms with van der Waals surface area (Å²) in [6.45, 7) is 2.05. The molecule has 1 heterocycles. The van der Waals surface area contributed by atoms with Gasteiger partial charge < -0.3 is 11.1 Å². The summed E-state index contributed by atoms with van der Waals surface area (Å²) in [6.07, 6.45) is 6.31. The van der Waals surface area contributed by atoms with E-state index in [0.717, 1.165) is 37.1 Å². The van der Waals surface area contributed by atoms with Crippen molar-refractivity contribution >= 4 is 17.2 Å². The molecule has 1 saturated carbocycles. The van der Waals surface area contributed by atoms with Gasteiger partial charge in [-0.05, 0) is 19.3 Å². The van der Waals surface area contributed by atoms with Crippen LogP contribution in [-0.4, -0.2) is 16.4 Å². The van der Waals surface area contributed by atoms with Crippen LogP contribution in [0.4, 0.5) is 0 Å². The van der Waals surface area contributed by atoms with E-state index in [1.807, 2.05) is 12.3 Å². The van der Waals surface area contributed by atoms with E-state index < -0.39 is 5.54 Å². The molecule has 1 fully saturated rings. The molecule has 1 aliphatic carbocycles. The molecule has 94 valence electrons. The standard InChI is InChI=1S/C12H19N3OS/c1-2-9(10-14-7-8-17-10)15-11(16)12(13)5-3-4-6-12/h7-9H,2-6,13H2,1H3,(H,15,16). The molecule has 1 atom stereocenters. The fourth-order valence-electron chi connectivity index (χ4n) is 2.28. The lowest BCUT2D eigenvalue weighted by Gasteiger charge is -2.25. The molecule has 1 amide bonds. The van der Waals surface area contributed by atoms with Crippen LogP contribution in [0.1, 0.15) is 50.1 Å². The van der Waals surface area contributed by atoms with Crippen LogP contribution in [0.5, 0.6) is 0 Å². The van der Waals surface area contributed by atoms with Crippen molar-refractivity contribution in [2.45, 2.75) is 50.6 Å². The number of nitrogens with zero attached hydrogens (tertiary/aromatic N) is 1. The van der Waals surface area contributed by atoms with Gasteiger partial charge in [0.15, 0.2) is 0 Å². The van der Waals surface area contributed by atoms with Gasteiger partial charge in [0, 0.05) is 11.6 Å². The van der Waals surface area contributed by atoms with Crippen molar-refractivity contribution in [2.75, 3.05) is 0 Å². The Kier molecular flexibility index (Phi) is 3.79. The fourth-order valence-corrected chi connectivity index (χ4v) is 3.05. The molecule has 0 aromatic carbocycles. The monoisotopic (exact) mass is 253 g/mol. The zero-order valence-corrected chi connectivity index (χ0v) is 10.9. The third-order valence-corrected chi connectivity index (χ3v) is 4.30. The van der Waals surface area contributed by atoms with Crippen molar-refractivity contribution in [3.05, 3.63) is 16.6 Å². The Morgan fingerprint density at radius 1 is 1.65 bits per heavy atom. The molecule has 1 aromatic heterocycles. The SMILES string of the molecule is CCC(NC(=O)C1(N)CCCC1)c1nccs1. The van der Waals surface area contributed by atoms with E-state index in [-0.39, 0.29) is 11.9 Å². The molecule has 0 aliphatic heterocycles. The highest BCUT2D eigenvalue weighted by atomic mass is 32.1. The van der Waals surface area contributed by atoms with Gasteiger partial charge in [-0.1, -0.05) is 19.8 Å². The number of carbonyl (C=O) groups excluding carboxylic acids is 1. The molecular weight excluding hydrogens is 234 g/mol. The third-order valence-electron chi connectivity index (χ3n) is 3.41. The van der Waals surface area contributed by atoms with Crippen molar-refractivity contribution in [3.63, 3.8) is 0 Å². The number of carbonyl (C=O) groups is 1. The van der Waals surface area contributed by atoms with Crippen LogP contribution in [-0.2, 0) is 4.79 Å². The molecule has 17 heavy (non-hydrogen) atoms.